The summed E-state index contributed by atoms with van der Waals surface area (Å²) in [5.41, 5.74) is 3.67. The highest BCUT2D eigenvalue weighted by molar-refractivity contribution is 5.55. The maximum Gasteiger partial charge on any atom is 0.133 e. The quantitative estimate of drug-likeness (QED) is 0.669. The minimum Gasteiger partial charge on any atom is -0.457 e. The topological polar surface area (TPSA) is 13.1 Å². The van der Waals surface area contributed by atoms with Crippen LogP contribution in [0.1, 0.15) is 31.1 Å². The Morgan fingerprint density at radius 3 is 2.87 bits per heavy atom. The molecule has 1 heteroatoms. The predicted molar refractivity (Wildman–Crippen MR) is 64.7 cm³/mol. The van der Waals surface area contributed by atoms with Gasteiger partial charge in [-0.25, -0.2) is 0 Å². The standard InChI is InChI=1S/C14H16O/c1-4-5-9-13-11(3)12-8-6-7-10(2)14(12)15-13/h4-5,8-9H,1,6-7H2,2-3H3/b9-5-. The van der Waals surface area contributed by atoms with E-state index in [-0.39, 0.29) is 0 Å². The lowest BCUT2D eigenvalue weighted by Crippen LogP contribution is -2.26. The summed E-state index contributed by atoms with van der Waals surface area (Å²) in [6.45, 7) is 7.92. The van der Waals surface area contributed by atoms with Crippen molar-refractivity contribution in [2.75, 3.05) is 0 Å². The fraction of sp³-hybridized carbons (Fsp3) is 0.286. The SMILES string of the molecule is C=C/C=C\c1oc2c(c1C)=CCCC=2C. The Morgan fingerprint density at radius 1 is 1.40 bits per heavy atom. The van der Waals surface area contributed by atoms with E-state index in [1.807, 2.05) is 12.2 Å². The fourth-order valence-corrected chi connectivity index (χ4v) is 1.97. The highest BCUT2D eigenvalue weighted by atomic mass is 16.3. The first kappa shape index (κ1) is 10.0. The summed E-state index contributed by atoms with van der Waals surface area (Å²) in [6.07, 6.45) is 10.2. The van der Waals surface area contributed by atoms with E-state index in [4.69, 9.17) is 4.42 Å². The van der Waals surface area contributed by atoms with Crippen molar-refractivity contribution in [1.29, 1.82) is 0 Å². The van der Waals surface area contributed by atoms with E-state index in [1.165, 1.54) is 16.4 Å². The minimum atomic E-state index is 0.956. The highest BCUT2D eigenvalue weighted by Crippen LogP contribution is 2.11. The van der Waals surface area contributed by atoms with Gasteiger partial charge in [0, 0.05) is 10.8 Å². The van der Waals surface area contributed by atoms with Crippen LogP contribution in [0.2, 0.25) is 0 Å². The van der Waals surface area contributed by atoms with Gasteiger partial charge in [-0.2, -0.15) is 0 Å². The van der Waals surface area contributed by atoms with Crippen molar-refractivity contribution < 1.29 is 4.42 Å². The van der Waals surface area contributed by atoms with E-state index < -0.39 is 0 Å². The fourth-order valence-electron chi connectivity index (χ4n) is 1.97. The molecule has 0 saturated heterocycles. The molecule has 0 aliphatic heterocycles. The Bertz CT molecular complexity index is 526. The second-order valence-electron chi connectivity index (χ2n) is 3.95. The van der Waals surface area contributed by atoms with Gasteiger partial charge >= 0.3 is 0 Å². The van der Waals surface area contributed by atoms with Gasteiger partial charge in [0.25, 0.3) is 0 Å². The molecule has 1 aromatic rings. The first-order chi connectivity index (χ1) is 7.24. The molecule has 0 fully saturated rings. The molecule has 0 bridgehead atoms. The summed E-state index contributed by atoms with van der Waals surface area (Å²) in [7, 11) is 0. The minimum absolute atomic E-state index is 0.956. The van der Waals surface area contributed by atoms with Crippen LogP contribution in [0.4, 0.5) is 0 Å². The molecule has 0 N–H and O–H groups in total. The second-order valence-corrected chi connectivity index (χ2v) is 3.95. The van der Waals surface area contributed by atoms with Crippen LogP contribution in [0.25, 0.3) is 17.7 Å². The van der Waals surface area contributed by atoms with E-state index >= 15 is 0 Å². The largest absolute Gasteiger partial charge is 0.457 e. The number of hydrogen-bond donors (Lipinski definition) is 0. The zero-order chi connectivity index (χ0) is 10.8. The molecule has 1 aliphatic rings. The molecular weight excluding hydrogens is 184 g/mol. The molecule has 2 rings (SSSR count). The van der Waals surface area contributed by atoms with Gasteiger partial charge in [0.05, 0.1) is 0 Å². The van der Waals surface area contributed by atoms with Crippen LogP contribution in [-0.4, -0.2) is 0 Å². The van der Waals surface area contributed by atoms with Gasteiger partial charge < -0.3 is 4.42 Å². The zero-order valence-corrected chi connectivity index (χ0v) is 9.34. The van der Waals surface area contributed by atoms with E-state index in [1.54, 1.807) is 6.08 Å². The Labute approximate surface area is 90.1 Å². The molecule has 1 aliphatic carbocycles. The molecule has 1 heterocycles. The molecule has 1 nitrogen and oxygen atoms in total. The number of hydrogen-bond acceptors (Lipinski definition) is 1. The summed E-state index contributed by atoms with van der Waals surface area (Å²) >= 11 is 0. The van der Waals surface area contributed by atoms with E-state index in [0.717, 1.165) is 24.0 Å². The van der Waals surface area contributed by atoms with Crippen molar-refractivity contribution in [3.05, 3.63) is 40.7 Å². The number of furan rings is 1. The number of rotatable bonds is 2. The first-order valence-electron chi connectivity index (χ1n) is 5.32. The average Bonchev–Trinajstić information content (AvgIpc) is 2.55. The Balaban J connectivity index is 2.69. The Kier molecular flexibility index (Phi) is 2.63. The lowest BCUT2D eigenvalue weighted by molar-refractivity contribution is 0.514. The van der Waals surface area contributed by atoms with Crippen LogP contribution in [-0.2, 0) is 0 Å². The van der Waals surface area contributed by atoms with Gasteiger partial charge in [0.15, 0.2) is 0 Å². The van der Waals surface area contributed by atoms with Gasteiger partial charge in [-0.3, -0.25) is 0 Å². The maximum absolute atomic E-state index is 5.85. The van der Waals surface area contributed by atoms with E-state index in [2.05, 4.69) is 26.5 Å². The average molecular weight is 200 g/mol. The summed E-state index contributed by atoms with van der Waals surface area (Å²) in [6, 6.07) is 0. The lowest BCUT2D eigenvalue weighted by atomic mass is 10.0. The van der Waals surface area contributed by atoms with Gasteiger partial charge in [-0.05, 0) is 38.3 Å². The van der Waals surface area contributed by atoms with Gasteiger partial charge in [0.1, 0.15) is 11.2 Å². The predicted octanol–water partition coefficient (Wildman–Crippen LogP) is 2.53. The third-order valence-corrected chi connectivity index (χ3v) is 2.87. The van der Waals surface area contributed by atoms with Crippen LogP contribution < -0.4 is 10.6 Å². The summed E-state index contributed by atoms with van der Waals surface area (Å²) in [5, 5.41) is 1.28. The first-order valence-corrected chi connectivity index (χ1v) is 5.32. The van der Waals surface area contributed by atoms with Crippen molar-refractivity contribution in [2.24, 2.45) is 0 Å². The number of fused-ring (bicyclic) bond motifs is 1. The third kappa shape index (κ3) is 1.70. The van der Waals surface area contributed by atoms with Crippen molar-refractivity contribution in [3.63, 3.8) is 0 Å². The van der Waals surface area contributed by atoms with Crippen LogP contribution in [0, 0.1) is 6.92 Å². The molecule has 0 saturated carbocycles. The van der Waals surface area contributed by atoms with Crippen LogP contribution >= 0.6 is 0 Å². The second kappa shape index (κ2) is 3.93. The van der Waals surface area contributed by atoms with Gasteiger partial charge in [0.2, 0.25) is 0 Å². The summed E-state index contributed by atoms with van der Waals surface area (Å²) in [5.74, 6) is 0.956. The van der Waals surface area contributed by atoms with Gasteiger partial charge in [-0.15, -0.1) is 0 Å². The van der Waals surface area contributed by atoms with Crippen molar-refractivity contribution >= 4 is 17.7 Å². The molecule has 0 atom stereocenters. The van der Waals surface area contributed by atoms with Crippen LogP contribution in [0.5, 0.6) is 0 Å². The Morgan fingerprint density at radius 2 is 2.20 bits per heavy atom. The molecule has 0 radical (unpaired) electrons. The monoisotopic (exact) mass is 200 g/mol. The molecule has 0 spiro atoms. The molecular formula is C14H16O. The smallest absolute Gasteiger partial charge is 0.133 e. The van der Waals surface area contributed by atoms with E-state index in [9.17, 15) is 0 Å². The summed E-state index contributed by atoms with van der Waals surface area (Å²) in [4.78, 5) is 0. The third-order valence-electron chi connectivity index (χ3n) is 2.87. The zero-order valence-electron chi connectivity index (χ0n) is 9.34. The Hall–Kier alpha value is -1.50. The van der Waals surface area contributed by atoms with Crippen molar-refractivity contribution in [2.45, 2.75) is 26.7 Å². The molecule has 0 unspecified atom stereocenters. The molecule has 15 heavy (non-hydrogen) atoms. The van der Waals surface area contributed by atoms with Crippen LogP contribution in [0.3, 0.4) is 0 Å². The highest BCUT2D eigenvalue weighted by Gasteiger charge is 2.09. The van der Waals surface area contributed by atoms with Crippen LogP contribution in [0.15, 0.2) is 23.1 Å². The maximum atomic E-state index is 5.85. The van der Waals surface area contributed by atoms with Crippen molar-refractivity contribution in [3.8, 4) is 0 Å². The van der Waals surface area contributed by atoms with E-state index in [0.29, 0.717) is 0 Å². The van der Waals surface area contributed by atoms with Gasteiger partial charge in [-0.1, -0.05) is 24.8 Å². The molecule has 0 amide bonds. The lowest BCUT2D eigenvalue weighted by Gasteiger charge is -1.99. The molecule has 78 valence electrons. The normalized spacial score (nSPS) is 15.2. The number of allylic oxidation sites excluding steroid dienone is 2. The van der Waals surface area contributed by atoms with Crippen molar-refractivity contribution in [1.82, 2.24) is 0 Å². The summed E-state index contributed by atoms with van der Waals surface area (Å²) < 4.78 is 5.85. The molecule has 1 aromatic heterocycles. The molecule has 0 aromatic carbocycles.